The molecule has 8 nitrogen and oxygen atoms in total. The van der Waals surface area contributed by atoms with Crippen molar-refractivity contribution in [3.8, 4) is 0 Å². The van der Waals surface area contributed by atoms with Crippen LogP contribution in [-0.4, -0.2) is 37.3 Å². The Kier molecular flexibility index (Phi) is 8.81. The molecule has 0 fully saturated rings. The van der Waals surface area contributed by atoms with Crippen molar-refractivity contribution in [3.05, 3.63) is 0 Å². The highest BCUT2D eigenvalue weighted by Crippen LogP contribution is 1.66. The van der Waals surface area contributed by atoms with Crippen molar-refractivity contribution >= 4 is 37.3 Å². The van der Waals surface area contributed by atoms with E-state index in [2.05, 4.69) is 30.6 Å². The lowest BCUT2D eigenvalue weighted by atomic mass is 10.8. The van der Waals surface area contributed by atoms with E-state index in [0.717, 1.165) is 0 Å². The first-order chi connectivity index (χ1) is 6.91. The van der Waals surface area contributed by atoms with Crippen LogP contribution in [0.4, 0.5) is 0 Å². The molecule has 14 heavy (non-hydrogen) atoms. The Balaban J connectivity index is 3.70. The van der Waals surface area contributed by atoms with Crippen LogP contribution in [-0.2, 0) is 0 Å². The van der Waals surface area contributed by atoms with Gasteiger partial charge in [0.1, 0.15) is 0 Å². The number of rotatable bonds is 5. The molecule has 0 aliphatic carbocycles. The molecule has 0 amide bonds. The minimum atomic E-state index is 1.30. The molecule has 74 valence electrons. The summed E-state index contributed by atoms with van der Waals surface area (Å²) in [6.45, 7) is 0. The molecule has 0 aliphatic heterocycles. The van der Waals surface area contributed by atoms with Gasteiger partial charge >= 0.3 is 0 Å². The minimum absolute atomic E-state index is 1.30. The maximum atomic E-state index is 4.80. The van der Waals surface area contributed by atoms with Crippen LogP contribution >= 0.6 is 0 Å². The first kappa shape index (κ1) is 11.6. The average Bonchev–Trinajstić information content (AvgIpc) is 2.21. The molecule has 8 heteroatoms. The van der Waals surface area contributed by atoms with Gasteiger partial charge in [-0.05, 0) is 0 Å². The van der Waals surface area contributed by atoms with Gasteiger partial charge in [-0.25, -0.2) is 0 Å². The van der Waals surface area contributed by atoms with Gasteiger partial charge in [-0.3, -0.25) is 0 Å². The number of nitrogens with zero attached hydrogens (tertiary/aromatic N) is 6. The van der Waals surface area contributed by atoms with Gasteiger partial charge in [0.15, 0.2) is 0 Å². The zero-order chi connectivity index (χ0) is 10.5. The second-order valence-corrected chi connectivity index (χ2v) is 1.65. The lowest BCUT2D eigenvalue weighted by molar-refractivity contribution is 1.25. The van der Waals surface area contributed by atoms with Crippen LogP contribution in [0.3, 0.4) is 0 Å². The van der Waals surface area contributed by atoms with Gasteiger partial charge in [0, 0.05) is 0 Å². The summed E-state index contributed by atoms with van der Waals surface area (Å²) in [5.41, 5.74) is 0. The quantitative estimate of drug-likeness (QED) is 0.330. The predicted molar refractivity (Wildman–Crippen MR) is 59.3 cm³/mol. The fourth-order valence-electron chi connectivity index (χ4n) is 0.350. The standard InChI is InChI=1S/C6H10N8/c7-9-1-3-11-13-5-6-14-12-4-2-10-8/h1-6H,7-8H2/b9-1+,10-2+,11-3+,12-4+,13-5+,14-6+. The zero-order valence-electron chi connectivity index (χ0n) is 7.30. The van der Waals surface area contributed by atoms with Crippen LogP contribution in [0, 0.1) is 0 Å². The molecule has 0 aromatic heterocycles. The highest BCUT2D eigenvalue weighted by molar-refractivity contribution is 6.18. The van der Waals surface area contributed by atoms with E-state index in [1.54, 1.807) is 0 Å². The zero-order valence-corrected chi connectivity index (χ0v) is 7.30. The molecular weight excluding hydrogens is 184 g/mol. The molecule has 0 unspecified atom stereocenters. The fraction of sp³-hybridized carbons (Fsp3) is 0. The van der Waals surface area contributed by atoms with Crippen molar-refractivity contribution in [2.75, 3.05) is 0 Å². The summed E-state index contributed by atoms with van der Waals surface area (Å²) in [6.07, 6.45) is 7.94. The van der Waals surface area contributed by atoms with E-state index in [4.69, 9.17) is 11.7 Å². The van der Waals surface area contributed by atoms with Gasteiger partial charge in [-0.1, -0.05) is 0 Å². The van der Waals surface area contributed by atoms with Crippen molar-refractivity contribution in [2.45, 2.75) is 0 Å². The average molecular weight is 194 g/mol. The monoisotopic (exact) mass is 194 g/mol. The first-order valence-electron chi connectivity index (χ1n) is 3.47. The smallest absolute Gasteiger partial charge is 0.0697 e. The first-order valence-corrected chi connectivity index (χ1v) is 3.47. The molecule has 0 radical (unpaired) electrons. The maximum absolute atomic E-state index is 4.80. The molecule has 0 rings (SSSR count). The summed E-state index contributed by atoms with van der Waals surface area (Å²) in [5, 5.41) is 20.5. The van der Waals surface area contributed by atoms with E-state index in [0.29, 0.717) is 0 Å². The number of nitrogens with two attached hydrogens (primary N) is 2. The molecular formula is C6H10N8. The van der Waals surface area contributed by atoms with Crippen LogP contribution in [0.15, 0.2) is 30.6 Å². The third-order valence-electron chi connectivity index (χ3n) is 0.772. The van der Waals surface area contributed by atoms with E-state index >= 15 is 0 Å². The van der Waals surface area contributed by atoms with Crippen molar-refractivity contribution in [1.29, 1.82) is 0 Å². The number of hydrogen-bond donors (Lipinski definition) is 2. The van der Waals surface area contributed by atoms with Crippen molar-refractivity contribution in [1.82, 2.24) is 0 Å². The second-order valence-electron chi connectivity index (χ2n) is 1.65. The second kappa shape index (κ2) is 10.6. The lowest BCUT2D eigenvalue weighted by Crippen LogP contribution is -1.83. The fourth-order valence-corrected chi connectivity index (χ4v) is 0.350. The maximum Gasteiger partial charge on any atom is 0.0697 e. The third kappa shape index (κ3) is 9.62. The Morgan fingerprint density at radius 2 is 0.786 bits per heavy atom. The van der Waals surface area contributed by atoms with Gasteiger partial charge in [0.05, 0.1) is 37.3 Å². The summed E-state index contributed by atoms with van der Waals surface area (Å²) in [7, 11) is 0. The van der Waals surface area contributed by atoms with Gasteiger partial charge < -0.3 is 11.7 Å². The van der Waals surface area contributed by atoms with Crippen LogP contribution in [0.2, 0.25) is 0 Å². The highest BCUT2D eigenvalue weighted by atomic mass is 15.2. The normalized spacial score (nSPS) is 14.0. The summed E-state index contributed by atoms with van der Waals surface area (Å²) in [5.74, 6) is 9.59. The molecule has 0 aliphatic rings. The van der Waals surface area contributed by atoms with Crippen molar-refractivity contribution in [3.63, 3.8) is 0 Å². The van der Waals surface area contributed by atoms with E-state index < -0.39 is 0 Å². The van der Waals surface area contributed by atoms with Crippen molar-refractivity contribution in [2.24, 2.45) is 42.3 Å². The highest BCUT2D eigenvalue weighted by Gasteiger charge is 1.64. The van der Waals surface area contributed by atoms with Crippen LogP contribution in [0.1, 0.15) is 0 Å². The molecule has 0 heterocycles. The van der Waals surface area contributed by atoms with Crippen LogP contribution in [0.25, 0.3) is 0 Å². The summed E-state index contributed by atoms with van der Waals surface area (Å²) in [6, 6.07) is 0. The number of hydrogen-bond acceptors (Lipinski definition) is 8. The third-order valence-corrected chi connectivity index (χ3v) is 0.772. The molecule has 0 atom stereocenters. The predicted octanol–water partition coefficient (Wildman–Crippen LogP) is -1.01. The van der Waals surface area contributed by atoms with Crippen molar-refractivity contribution < 1.29 is 0 Å². The lowest BCUT2D eigenvalue weighted by Gasteiger charge is -1.73. The summed E-state index contributed by atoms with van der Waals surface area (Å²) < 4.78 is 0. The van der Waals surface area contributed by atoms with E-state index in [-0.39, 0.29) is 0 Å². The molecule has 0 bridgehead atoms. The van der Waals surface area contributed by atoms with Gasteiger partial charge in [-0.15, -0.1) is 0 Å². The van der Waals surface area contributed by atoms with E-state index in [1.807, 2.05) is 0 Å². The molecule has 0 saturated carbocycles. The van der Waals surface area contributed by atoms with Gasteiger partial charge in [0.2, 0.25) is 0 Å². The Labute approximate surface area is 80.5 Å². The van der Waals surface area contributed by atoms with Gasteiger partial charge in [-0.2, -0.15) is 30.6 Å². The Morgan fingerprint density at radius 1 is 0.500 bits per heavy atom. The number of hydrazone groups is 2. The largest absolute Gasteiger partial charge is 0.323 e. The SMILES string of the molecule is N/N=C/C=N/N=C/C=N/N=C/C=N/N. The molecule has 4 N–H and O–H groups in total. The van der Waals surface area contributed by atoms with E-state index in [1.165, 1.54) is 37.3 Å². The Bertz CT molecular complexity index is 254. The molecule has 0 aromatic carbocycles. The Morgan fingerprint density at radius 3 is 1.07 bits per heavy atom. The summed E-state index contributed by atoms with van der Waals surface area (Å²) in [4.78, 5) is 0. The molecule has 0 spiro atoms. The molecule has 0 aromatic rings. The Hall–Kier alpha value is -2.38. The van der Waals surface area contributed by atoms with Crippen LogP contribution in [0.5, 0.6) is 0 Å². The van der Waals surface area contributed by atoms with Gasteiger partial charge in [0.25, 0.3) is 0 Å². The topological polar surface area (TPSA) is 126 Å². The van der Waals surface area contributed by atoms with E-state index in [9.17, 15) is 0 Å². The van der Waals surface area contributed by atoms with Crippen LogP contribution < -0.4 is 11.7 Å². The summed E-state index contributed by atoms with van der Waals surface area (Å²) >= 11 is 0. The minimum Gasteiger partial charge on any atom is -0.323 e. The molecule has 0 saturated heterocycles.